The molecule has 104 valence electrons. The second kappa shape index (κ2) is 6.96. The number of carbonyl (C=O) groups is 1. The number of amides is 1. The summed E-state index contributed by atoms with van der Waals surface area (Å²) in [6, 6.07) is 8.17. The van der Waals surface area contributed by atoms with Crippen LogP contribution in [0.2, 0.25) is 0 Å². The molecule has 3 N–H and O–H groups in total. The predicted molar refractivity (Wildman–Crippen MR) is 81.4 cm³/mol. The minimum atomic E-state index is -0.366. The first-order chi connectivity index (χ1) is 9.19. The number of thioether (sulfide) groups is 1. The fourth-order valence-corrected chi connectivity index (χ4v) is 3.70. The zero-order valence-corrected chi connectivity index (χ0v) is 12.2. The van der Waals surface area contributed by atoms with Crippen LogP contribution < -0.4 is 11.1 Å². The van der Waals surface area contributed by atoms with E-state index in [1.807, 2.05) is 12.1 Å². The van der Waals surface area contributed by atoms with E-state index in [2.05, 4.69) is 24.0 Å². The average Bonchev–Trinajstić information content (AvgIpc) is 2.85. The van der Waals surface area contributed by atoms with Crippen LogP contribution in [0.1, 0.15) is 42.1 Å². The third-order valence-electron chi connectivity index (χ3n) is 3.62. The van der Waals surface area contributed by atoms with Gasteiger partial charge in [-0.1, -0.05) is 19.1 Å². The van der Waals surface area contributed by atoms with Crippen LogP contribution in [0.25, 0.3) is 0 Å². The third-order valence-corrected chi connectivity index (χ3v) is 4.85. The maximum Gasteiger partial charge on any atom is 0.248 e. The molecule has 2 rings (SSSR count). The summed E-state index contributed by atoms with van der Waals surface area (Å²) in [6.07, 6.45) is 3.88. The van der Waals surface area contributed by atoms with E-state index in [1.54, 1.807) is 12.1 Å². The van der Waals surface area contributed by atoms with E-state index in [4.69, 9.17) is 5.73 Å². The largest absolute Gasteiger partial charge is 0.366 e. The van der Waals surface area contributed by atoms with E-state index in [0.717, 1.165) is 11.8 Å². The van der Waals surface area contributed by atoms with E-state index in [9.17, 15) is 4.79 Å². The highest BCUT2D eigenvalue weighted by Gasteiger charge is 2.23. The lowest BCUT2D eigenvalue weighted by Gasteiger charge is -2.13. The normalized spacial score (nSPS) is 22.6. The number of carbonyl (C=O) groups excluding carboxylic acids is 1. The van der Waals surface area contributed by atoms with E-state index in [-0.39, 0.29) is 5.91 Å². The number of nitrogens with one attached hydrogen (secondary N) is 1. The van der Waals surface area contributed by atoms with Crippen LogP contribution in [0.5, 0.6) is 0 Å². The lowest BCUT2D eigenvalue weighted by Crippen LogP contribution is -2.26. The van der Waals surface area contributed by atoms with Crippen molar-refractivity contribution in [1.82, 2.24) is 5.32 Å². The Morgan fingerprint density at radius 1 is 1.37 bits per heavy atom. The Bertz CT molecular complexity index is 419. The summed E-state index contributed by atoms with van der Waals surface area (Å²) in [5.41, 5.74) is 7.00. The highest BCUT2D eigenvalue weighted by atomic mass is 32.2. The summed E-state index contributed by atoms with van der Waals surface area (Å²) in [4.78, 5) is 11.0. The summed E-state index contributed by atoms with van der Waals surface area (Å²) < 4.78 is 0. The fraction of sp³-hybridized carbons (Fsp3) is 0.533. The number of rotatable bonds is 6. The van der Waals surface area contributed by atoms with Crippen LogP contribution in [0, 0.1) is 0 Å². The molecule has 0 radical (unpaired) electrons. The molecule has 1 amide bonds. The fourth-order valence-electron chi connectivity index (χ4n) is 2.56. The molecule has 1 fully saturated rings. The molecular weight excluding hydrogens is 256 g/mol. The third kappa shape index (κ3) is 4.25. The number of primary amides is 1. The zero-order valence-electron chi connectivity index (χ0n) is 11.4. The number of hydrogen-bond donors (Lipinski definition) is 2. The number of benzene rings is 1. The van der Waals surface area contributed by atoms with Gasteiger partial charge in [0.25, 0.3) is 0 Å². The molecule has 1 aliphatic carbocycles. The SMILES string of the molecule is CCSC1CCC(NCc2ccc(C(N)=O)cc2)C1. The molecule has 19 heavy (non-hydrogen) atoms. The smallest absolute Gasteiger partial charge is 0.248 e. The van der Waals surface area contributed by atoms with Gasteiger partial charge in [-0.15, -0.1) is 0 Å². The van der Waals surface area contributed by atoms with Crippen molar-refractivity contribution in [3.63, 3.8) is 0 Å². The maximum atomic E-state index is 11.0. The zero-order chi connectivity index (χ0) is 13.7. The van der Waals surface area contributed by atoms with Crippen molar-refractivity contribution in [2.75, 3.05) is 5.75 Å². The molecule has 0 heterocycles. The van der Waals surface area contributed by atoms with Gasteiger partial charge < -0.3 is 11.1 Å². The Morgan fingerprint density at radius 3 is 2.74 bits per heavy atom. The quantitative estimate of drug-likeness (QED) is 0.841. The Morgan fingerprint density at radius 2 is 2.11 bits per heavy atom. The Balaban J connectivity index is 1.78. The van der Waals surface area contributed by atoms with Crippen molar-refractivity contribution in [3.8, 4) is 0 Å². The van der Waals surface area contributed by atoms with Crippen LogP contribution in [0.15, 0.2) is 24.3 Å². The van der Waals surface area contributed by atoms with Gasteiger partial charge in [-0.2, -0.15) is 11.8 Å². The molecule has 0 spiro atoms. The summed E-state index contributed by atoms with van der Waals surface area (Å²) in [5.74, 6) is 0.848. The van der Waals surface area contributed by atoms with Gasteiger partial charge in [0.2, 0.25) is 5.91 Å². The lowest BCUT2D eigenvalue weighted by molar-refractivity contribution is 0.100. The van der Waals surface area contributed by atoms with Crippen LogP contribution in [-0.2, 0) is 6.54 Å². The van der Waals surface area contributed by atoms with Crippen molar-refractivity contribution < 1.29 is 4.79 Å². The van der Waals surface area contributed by atoms with Crippen molar-refractivity contribution in [1.29, 1.82) is 0 Å². The number of hydrogen-bond acceptors (Lipinski definition) is 3. The first-order valence-corrected chi connectivity index (χ1v) is 7.97. The van der Waals surface area contributed by atoms with Crippen molar-refractivity contribution in [3.05, 3.63) is 35.4 Å². The van der Waals surface area contributed by atoms with Crippen molar-refractivity contribution in [2.24, 2.45) is 5.73 Å². The van der Waals surface area contributed by atoms with Crippen LogP contribution in [0.4, 0.5) is 0 Å². The molecular formula is C15H22N2OS. The minimum Gasteiger partial charge on any atom is -0.366 e. The van der Waals surface area contributed by atoms with Gasteiger partial charge in [-0.25, -0.2) is 0 Å². The molecule has 1 saturated carbocycles. The van der Waals surface area contributed by atoms with Gasteiger partial charge in [0.15, 0.2) is 0 Å². The standard InChI is InChI=1S/C15H22N2OS/c1-2-19-14-8-7-13(9-14)17-10-11-3-5-12(6-4-11)15(16)18/h3-6,13-14,17H,2,7-10H2,1H3,(H2,16,18). The maximum absolute atomic E-state index is 11.0. The Labute approximate surface area is 119 Å². The number of nitrogens with two attached hydrogens (primary N) is 1. The van der Waals surface area contributed by atoms with Crippen molar-refractivity contribution >= 4 is 17.7 Å². The summed E-state index contributed by atoms with van der Waals surface area (Å²) in [7, 11) is 0. The van der Waals surface area contributed by atoms with Crippen LogP contribution >= 0.6 is 11.8 Å². The first-order valence-electron chi connectivity index (χ1n) is 6.92. The summed E-state index contributed by atoms with van der Waals surface area (Å²) in [5, 5.41) is 4.44. The van der Waals surface area contributed by atoms with Gasteiger partial charge in [-0.3, -0.25) is 4.79 Å². The van der Waals surface area contributed by atoms with E-state index in [0.29, 0.717) is 11.6 Å². The average molecular weight is 278 g/mol. The van der Waals surface area contributed by atoms with Gasteiger partial charge in [0, 0.05) is 23.4 Å². The summed E-state index contributed by atoms with van der Waals surface area (Å²) in [6.45, 7) is 3.10. The van der Waals surface area contributed by atoms with Crippen molar-refractivity contribution in [2.45, 2.75) is 44.0 Å². The van der Waals surface area contributed by atoms with E-state index in [1.165, 1.54) is 30.6 Å². The first kappa shape index (κ1) is 14.4. The second-order valence-electron chi connectivity index (χ2n) is 5.03. The molecule has 1 aliphatic rings. The highest BCUT2D eigenvalue weighted by molar-refractivity contribution is 7.99. The molecule has 1 aromatic carbocycles. The Hall–Kier alpha value is -1.00. The lowest BCUT2D eigenvalue weighted by atomic mass is 10.1. The van der Waals surface area contributed by atoms with Crippen LogP contribution in [0.3, 0.4) is 0 Å². The highest BCUT2D eigenvalue weighted by Crippen LogP contribution is 2.29. The Kier molecular flexibility index (Phi) is 5.28. The van der Waals surface area contributed by atoms with Gasteiger partial charge in [0.05, 0.1) is 0 Å². The molecule has 2 unspecified atom stereocenters. The van der Waals surface area contributed by atoms with Crippen LogP contribution in [-0.4, -0.2) is 23.0 Å². The van der Waals surface area contributed by atoms with E-state index >= 15 is 0 Å². The topological polar surface area (TPSA) is 55.1 Å². The van der Waals surface area contributed by atoms with Gasteiger partial charge in [0.1, 0.15) is 0 Å². The molecule has 0 saturated heterocycles. The monoisotopic (exact) mass is 278 g/mol. The van der Waals surface area contributed by atoms with Gasteiger partial charge in [-0.05, 0) is 42.7 Å². The molecule has 2 atom stereocenters. The molecule has 0 aromatic heterocycles. The molecule has 1 aromatic rings. The van der Waals surface area contributed by atoms with E-state index < -0.39 is 0 Å². The predicted octanol–water partition coefficient (Wildman–Crippen LogP) is 2.55. The summed E-state index contributed by atoms with van der Waals surface area (Å²) >= 11 is 2.08. The molecule has 4 heteroatoms. The molecule has 0 aliphatic heterocycles. The second-order valence-corrected chi connectivity index (χ2v) is 6.61. The minimum absolute atomic E-state index is 0.366. The molecule has 3 nitrogen and oxygen atoms in total. The molecule has 0 bridgehead atoms. The van der Waals surface area contributed by atoms with Gasteiger partial charge >= 0.3 is 0 Å².